The molecule has 2 rings (SSSR count). The maximum absolute atomic E-state index is 12.2. The van der Waals surface area contributed by atoms with Crippen molar-refractivity contribution < 1.29 is 14.3 Å². The Kier molecular flexibility index (Phi) is 4.69. The first-order valence-corrected chi connectivity index (χ1v) is 7.06. The second kappa shape index (κ2) is 6.32. The Balaban J connectivity index is 2.34. The van der Waals surface area contributed by atoms with Crippen LogP contribution >= 0.6 is 23.2 Å². The Morgan fingerprint density at radius 2 is 2.10 bits per heavy atom. The van der Waals surface area contributed by atoms with Gasteiger partial charge in [-0.3, -0.25) is 10.1 Å². The van der Waals surface area contributed by atoms with Crippen molar-refractivity contribution in [1.82, 2.24) is 10.6 Å². The molecular formula is C13H13Cl2N3O3. The molecule has 1 atom stereocenters. The lowest BCUT2D eigenvalue weighted by Crippen LogP contribution is -2.58. The van der Waals surface area contributed by atoms with Gasteiger partial charge in [-0.1, -0.05) is 53.5 Å². The van der Waals surface area contributed by atoms with E-state index in [1.54, 1.807) is 31.2 Å². The van der Waals surface area contributed by atoms with Crippen molar-refractivity contribution >= 4 is 41.0 Å². The Labute approximate surface area is 131 Å². The van der Waals surface area contributed by atoms with Crippen molar-refractivity contribution in [2.75, 3.05) is 6.61 Å². The third kappa shape index (κ3) is 3.11. The molecule has 112 valence electrons. The van der Waals surface area contributed by atoms with Gasteiger partial charge in [0.25, 0.3) is 5.91 Å². The maximum atomic E-state index is 12.2. The minimum atomic E-state index is -1.81. The Morgan fingerprint density at radius 3 is 2.67 bits per heavy atom. The zero-order valence-electron chi connectivity index (χ0n) is 11.1. The van der Waals surface area contributed by atoms with Crippen molar-refractivity contribution in [3.63, 3.8) is 0 Å². The summed E-state index contributed by atoms with van der Waals surface area (Å²) in [7, 11) is 0. The molecule has 0 saturated heterocycles. The predicted molar refractivity (Wildman–Crippen MR) is 79.5 cm³/mol. The number of halogens is 2. The fraction of sp³-hybridized carbons (Fsp3) is 0.308. The minimum absolute atomic E-state index is 0.147. The average molecular weight is 330 g/mol. The Hall–Kier alpha value is -1.79. The van der Waals surface area contributed by atoms with Crippen LogP contribution in [0.5, 0.6) is 0 Å². The number of benzene rings is 1. The number of rotatable bonds is 4. The molecule has 1 aromatic rings. The summed E-state index contributed by atoms with van der Waals surface area (Å²) in [5, 5.41) is 4.88. The number of carbonyl (C=O) groups is 2. The van der Waals surface area contributed by atoms with E-state index >= 15 is 0 Å². The van der Waals surface area contributed by atoms with Crippen LogP contribution in [0.25, 0.3) is 0 Å². The minimum Gasteiger partial charge on any atom is -0.450 e. The van der Waals surface area contributed by atoms with Gasteiger partial charge in [0.2, 0.25) is 5.66 Å². The van der Waals surface area contributed by atoms with E-state index in [-0.39, 0.29) is 12.4 Å². The zero-order valence-corrected chi connectivity index (χ0v) is 12.6. The molecule has 1 heterocycles. The number of amides is 2. The predicted octanol–water partition coefficient (Wildman–Crippen LogP) is 1.81. The van der Waals surface area contributed by atoms with E-state index in [0.29, 0.717) is 5.56 Å². The molecule has 2 N–H and O–H groups in total. The lowest BCUT2D eigenvalue weighted by molar-refractivity contribution is -0.124. The van der Waals surface area contributed by atoms with Gasteiger partial charge in [0.15, 0.2) is 4.84 Å². The number of hydrogen-bond acceptors (Lipinski definition) is 4. The van der Waals surface area contributed by atoms with Crippen molar-refractivity contribution in [1.29, 1.82) is 0 Å². The largest absolute Gasteiger partial charge is 0.450 e. The molecule has 1 aliphatic rings. The number of amidine groups is 1. The van der Waals surface area contributed by atoms with Crippen LogP contribution in [0.3, 0.4) is 0 Å². The van der Waals surface area contributed by atoms with Crippen LogP contribution in [0.4, 0.5) is 4.79 Å². The number of aliphatic imine (C=N–C) groups is 1. The van der Waals surface area contributed by atoms with Crippen LogP contribution < -0.4 is 10.6 Å². The first-order valence-electron chi connectivity index (χ1n) is 6.19. The van der Waals surface area contributed by atoms with E-state index in [2.05, 4.69) is 15.6 Å². The summed E-state index contributed by atoms with van der Waals surface area (Å²) in [5.41, 5.74) is -1.13. The van der Waals surface area contributed by atoms with Crippen molar-refractivity contribution in [2.24, 2.45) is 4.99 Å². The van der Waals surface area contributed by atoms with E-state index in [1.807, 2.05) is 6.07 Å². The molecule has 21 heavy (non-hydrogen) atoms. The van der Waals surface area contributed by atoms with Crippen LogP contribution in [-0.2, 0) is 9.53 Å². The van der Waals surface area contributed by atoms with Gasteiger partial charge in [0, 0.05) is 5.56 Å². The van der Waals surface area contributed by atoms with E-state index in [0.717, 1.165) is 0 Å². The maximum Gasteiger partial charge on any atom is 0.409 e. The van der Waals surface area contributed by atoms with Gasteiger partial charge in [-0.05, 0) is 6.92 Å². The summed E-state index contributed by atoms with van der Waals surface area (Å²) in [6, 6.07) is 8.94. The summed E-state index contributed by atoms with van der Waals surface area (Å²) in [6.07, 6.45) is -0.822. The molecule has 0 bridgehead atoms. The highest BCUT2D eigenvalue weighted by Crippen LogP contribution is 2.27. The second-order valence-electron chi connectivity index (χ2n) is 4.19. The highest BCUT2D eigenvalue weighted by atomic mass is 35.5. The van der Waals surface area contributed by atoms with Crippen molar-refractivity contribution in [2.45, 2.75) is 17.4 Å². The van der Waals surface area contributed by atoms with Crippen LogP contribution in [0.1, 0.15) is 12.5 Å². The Morgan fingerprint density at radius 1 is 1.43 bits per heavy atom. The summed E-state index contributed by atoms with van der Waals surface area (Å²) in [4.78, 5) is 26.7. The average Bonchev–Trinajstić information content (AvgIpc) is 2.78. The molecule has 0 radical (unpaired) electrons. The number of nitrogens with one attached hydrogen (secondary N) is 2. The first kappa shape index (κ1) is 15.6. The number of alkyl halides is 2. The lowest BCUT2D eigenvalue weighted by atomic mass is 10.2. The van der Waals surface area contributed by atoms with Gasteiger partial charge in [-0.15, -0.1) is 0 Å². The number of hydrogen-bond donors (Lipinski definition) is 2. The molecule has 0 spiro atoms. The molecule has 2 amide bonds. The summed E-state index contributed by atoms with van der Waals surface area (Å²) >= 11 is 11.7. The van der Waals surface area contributed by atoms with E-state index in [4.69, 9.17) is 27.9 Å². The van der Waals surface area contributed by atoms with Gasteiger partial charge in [-0.25, -0.2) is 9.79 Å². The highest BCUT2D eigenvalue weighted by Gasteiger charge is 2.51. The molecule has 8 heteroatoms. The molecule has 6 nitrogen and oxygen atoms in total. The normalized spacial score (nSPS) is 21.0. The highest BCUT2D eigenvalue weighted by molar-refractivity contribution is 6.47. The van der Waals surface area contributed by atoms with Gasteiger partial charge >= 0.3 is 6.09 Å². The monoisotopic (exact) mass is 329 g/mol. The SMILES string of the molecule is CCOC(=O)N[C@@]1(C(Cl)Cl)N=C(c2ccccc2)NC1=O. The Bertz CT molecular complexity index is 577. The van der Waals surface area contributed by atoms with Crippen LogP contribution in [0.15, 0.2) is 35.3 Å². The third-order valence-electron chi connectivity index (χ3n) is 2.80. The zero-order chi connectivity index (χ0) is 15.5. The lowest BCUT2D eigenvalue weighted by Gasteiger charge is -2.24. The van der Waals surface area contributed by atoms with Gasteiger partial charge < -0.3 is 10.1 Å². The number of nitrogens with zero attached hydrogens (tertiary/aromatic N) is 1. The molecule has 0 saturated carbocycles. The van der Waals surface area contributed by atoms with Crippen molar-refractivity contribution in [3.8, 4) is 0 Å². The second-order valence-corrected chi connectivity index (χ2v) is 5.29. The smallest absolute Gasteiger partial charge is 0.409 e. The summed E-state index contributed by atoms with van der Waals surface area (Å²) in [6.45, 7) is 1.78. The first-order chi connectivity index (χ1) is 9.99. The molecule has 0 aliphatic carbocycles. The molecule has 1 aliphatic heterocycles. The van der Waals surface area contributed by atoms with E-state index in [1.165, 1.54) is 0 Å². The molecular weight excluding hydrogens is 317 g/mol. The molecule has 1 aromatic carbocycles. The summed E-state index contributed by atoms with van der Waals surface area (Å²) < 4.78 is 4.75. The number of alkyl carbamates (subject to hydrolysis) is 1. The van der Waals surface area contributed by atoms with Crippen LogP contribution in [-0.4, -0.2) is 34.9 Å². The standard InChI is InChI=1S/C13H13Cl2N3O3/c1-2-21-12(20)18-13(10(14)15)11(19)16-9(17-13)8-6-4-3-5-7-8/h3-7,10H,2H2,1H3,(H,18,20)(H,16,17,19)/t13-/m1/s1. The fourth-order valence-electron chi connectivity index (χ4n) is 1.80. The van der Waals surface area contributed by atoms with E-state index < -0.39 is 22.5 Å². The van der Waals surface area contributed by atoms with Gasteiger partial charge in [0.1, 0.15) is 5.84 Å². The number of ether oxygens (including phenoxy) is 1. The quantitative estimate of drug-likeness (QED) is 0.827. The molecule has 0 fully saturated rings. The van der Waals surface area contributed by atoms with Crippen LogP contribution in [0.2, 0.25) is 0 Å². The molecule has 0 unspecified atom stereocenters. The fourth-order valence-corrected chi connectivity index (χ4v) is 2.21. The summed E-state index contributed by atoms with van der Waals surface area (Å²) in [5.74, 6) is -0.340. The van der Waals surface area contributed by atoms with Crippen molar-refractivity contribution in [3.05, 3.63) is 35.9 Å². The van der Waals surface area contributed by atoms with Crippen LogP contribution in [0, 0.1) is 0 Å². The number of carbonyl (C=O) groups excluding carboxylic acids is 2. The van der Waals surface area contributed by atoms with Gasteiger partial charge in [0.05, 0.1) is 6.61 Å². The van der Waals surface area contributed by atoms with E-state index in [9.17, 15) is 9.59 Å². The molecule has 0 aromatic heterocycles. The third-order valence-corrected chi connectivity index (χ3v) is 3.43. The van der Waals surface area contributed by atoms with Gasteiger partial charge in [-0.2, -0.15) is 0 Å². The topological polar surface area (TPSA) is 79.8 Å².